The molecule has 2 aromatic carbocycles. The summed E-state index contributed by atoms with van der Waals surface area (Å²) < 4.78 is 2.65. The second-order valence-electron chi connectivity index (χ2n) is 7.16. The molecule has 0 spiro atoms. The zero-order valence-electron chi connectivity index (χ0n) is 17.6. The highest BCUT2D eigenvalue weighted by molar-refractivity contribution is 9.10. The second-order valence-corrected chi connectivity index (χ2v) is 9.02. The zero-order chi connectivity index (χ0) is 22.5. The molecule has 0 atom stereocenters. The topological polar surface area (TPSA) is 85.6 Å². The van der Waals surface area contributed by atoms with Crippen LogP contribution in [0.2, 0.25) is 0 Å². The van der Waals surface area contributed by atoms with Crippen LogP contribution in [-0.2, 0) is 12.3 Å². The Morgan fingerprint density at radius 3 is 2.41 bits per heavy atom. The first kappa shape index (κ1) is 22.2. The molecular formula is C23H21BrN6OS. The summed E-state index contributed by atoms with van der Waals surface area (Å²) >= 11 is 4.90. The van der Waals surface area contributed by atoms with Crippen LogP contribution in [0.1, 0.15) is 33.1 Å². The number of amides is 1. The number of hydrogen-bond acceptors (Lipinski definition) is 6. The molecule has 7 nitrogen and oxygen atoms in total. The number of benzene rings is 2. The predicted molar refractivity (Wildman–Crippen MR) is 128 cm³/mol. The molecule has 9 heteroatoms. The van der Waals surface area contributed by atoms with Gasteiger partial charge in [0, 0.05) is 28.2 Å². The van der Waals surface area contributed by atoms with Gasteiger partial charge >= 0.3 is 0 Å². The van der Waals surface area contributed by atoms with Gasteiger partial charge < -0.3 is 5.32 Å². The average Bonchev–Trinajstić information content (AvgIpc) is 3.20. The Kier molecular flexibility index (Phi) is 6.96. The van der Waals surface area contributed by atoms with Crippen molar-refractivity contribution in [3.8, 4) is 5.69 Å². The third-order valence-electron chi connectivity index (χ3n) is 4.65. The SMILES string of the molecule is Cc1cc(C)nc(SCc2c(C(=O)NCc3ccccc3)nnn2-c2ccc(Br)cc2)n1. The number of hydrogen-bond donors (Lipinski definition) is 1. The Bertz CT molecular complexity index is 1210. The van der Waals surface area contributed by atoms with Gasteiger partial charge in [0.25, 0.3) is 5.91 Å². The van der Waals surface area contributed by atoms with Crippen LogP contribution in [0, 0.1) is 13.8 Å². The van der Waals surface area contributed by atoms with Gasteiger partial charge in [-0.25, -0.2) is 14.6 Å². The maximum absolute atomic E-state index is 13.0. The molecule has 0 aliphatic rings. The van der Waals surface area contributed by atoms with E-state index in [1.807, 2.05) is 74.5 Å². The van der Waals surface area contributed by atoms with Crippen LogP contribution in [0.3, 0.4) is 0 Å². The quantitative estimate of drug-likeness (QED) is 0.288. The minimum absolute atomic E-state index is 0.269. The van der Waals surface area contributed by atoms with Crippen molar-refractivity contribution in [2.24, 2.45) is 0 Å². The summed E-state index contributed by atoms with van der Waals surface area (Å²) in [5.74, 6) is 0.175. The van der Waals surface area contributed by atoms with Gasteiger partial charge in [0.1, 0.15) is 0 Å². The molecule has 0 bridgehead atoms. The number of aromatic nitrogens is 5. The van der Waals surface area contributed by atoms with Crippen LogP contribution < -0.4 is 5.32 Å². The lowest BCUT2D eigenvalue weighted by Crippen LogP contribution is -2.24. The predicted octanol–water partition coefficient (Wildman–Crippen LogP) is 4.66. The lowest BCUT2D eigenvalue weighted by atomic mass is 10.2. The number of halogens is 1. The van der Waals surface area contributed by atoms with Crippen LogP contribution in [-0.4, -0.2) is 30.9 Å². The molecule has 2 heterocycles. The molecule has 4 aromatic rings. The first-order valence-electron chi connectivity index (χ1n) is 9.97. The normalized spacial score (nSPS) is 10.8. The molecule has 0 radical (unpaired) electrons. The Morgan fingerprint density at radius 2 is 1.72 bits per heavy atom. The second kappa shape index (κ2) is 10.1. The van der Waals surface area contributed by atoms with Crippen LogP contribution in [0.4, 0.5) is 0 Å². The number of rotatable bonds is 7. The zero-order valence-corrected chi connectivity index (χ0v) is 20.0. The van der Waals surface area contributed by atoms with Crippen molar-refractivity contribution in [2.45, 2.75) is 31.3 Å². The van der Waals surface area contributed by atoms with E-state index in [-0.39, 0.29) is 5.91 Å². The Balaban J connectivity index is 1.61. The molecule has 1 amide bonds. The highest BCUT2D eigenvalue weighted by atomic mass is 79.9. The number of carbonyl (C=O) groups is 1. The Morgan fingerprint density at radius 1 is 1.03 bits per heavy atom. The molecule has 0 saturated heterocycles. The van der Waals surface area contributed by atoms with E-state index in [2.05, 4.69) is 41.5 Å². The third kappa shape index (κ3) is 5.41. The van der Waals surface area contributed by atoms with Gasteiger partial charge in [-0.05, 0) is 49.7 Å². The van der Waals surface area contributed by atoms with Gasteiger partial charge in [0.05, 0.1) is 11.4 Å². The van der Waals surface area contributed by atoms with Crippen LogP contribution in [0.15, 0.2) is 70.3 Å². The van der Waals surface area contributed by atoms with Crippen molar-refractivity contribution in [1.29, 1.82) is 0 Å². The van der Waals surface area contributed by atoms with Gasteiger partial charge in [-0.1, -0.05) is 63.2 Å². The van der Waals surface area contributed by atoms with Crippen molar-refractivity contribution < 1.29 is 4.79 Å². The summed E-state index contributed by atoms with van der Waals surface area (Å²) in [4.78, 5) is 22.0. The lowest BCUT2D eigenvalue weighted by Gasteiger charge is -2.09. The summed E-state index contributed by atoms with van der Waals surface area (Å²) in [7, 11) is 0. The van der Waals surface area contributed by atoms with Gasteiger partial charge in [0.15, 0.2) is 10.9 Å². The van der Waals surface area contributed by atoms with Crippen LogP contribution in [0.25, 0.3) is 5.69 Å². The van der Waals surface area contributed by atoms with Crippen LogP contribution >= 0.6 is 27.7 Å². The van der Waals surface area contributed by atoms with E-state index < -0.39 is 0 Å². The average molecular weight is 509 g/mol. The summed E-state index contributed by atoms with van der Waals surface area (Å²) in [5.41, 5.74) is 4.62. The van der Waals surface area contributed by atoms with E-state index in [9.17, 15) is 4.79 Å². The van der Waals surface area contributed by atoms with E-state index >= 15 is 0 Å². The fourth-order valence-electron chi connectivity index (χ4n) is 3.15. The molecule has 0 fully saturated rings. The lowest BCUT2D eigenvalue weighted by molar-refractivity contribution is 0.0945. The first-order valence-corrected chi connectivity index (χ1v) is 11.7. The Labute approximate surface area is 198 Å². The molecule has 32 heavy (non-hydrogen) atoms. The fraction of sp³-hybridized carbons (Fsp3) is 0.174. The van der Waals surface area contributed by atoms with E-state index in [1.54, 1.807) is 4.68 Å². The fourth-order valence-corrected chi connectivity index (χ4v) is 4.36. The first-order chi connectivity index (χ1) is 15.5. The molecule has 4 rings (SSSR count). The molecule has 0 unspecified atom stereocenters. The summed E-state index contributed by atoms with van der Waals surface area (Å²) in [6, 6.07) is 19.4. The monoisotopic (exact) mass is 508 g/mol. The molecule has 0 saturated carbocycles. The highest BCUT2D eigenvalue weighted by Gasteiger charge is 2.21. The maximum Gasteiger partial charge on any atom is 0.274 e. The summed E-state index contributed by atoms with van der Waals surface area (Å²) in [6.07, 6.45) is 0. The minimum atomic E-state index is -0.269. The molecule has 1 N–H and O–H groups in total. The standard InChI is InChI=1S/C23H21BrN6OS/c1-15-12-16(2)27-23(26-15)32-14-20-21(22(31)25-13-17-6-4-3-5-7-17)28-29-30(20)19-10-8-18(24)9-11-19/h3-12H,13-14H2,1-2H3,(H,25,31). The van der Waals surface area contributed by atoms with Crippen molar-refractivity contribution in [3.05, 3.63) is 93.5 Å². The van der Waals surface area contributed by atoms with E-state index in [1.165, 1.54) is 11.8 Å². The number of nitrogens with zero attached hydrogens (tertiary/aromatic N) is 5. The van der Waals surface area contributed by atoms with E-state index in [0.717, 1.165) is 27.1 Å². The van der Waals surface area contributed by atoms with Crippen molar-refractivity contribution in [2.75, 3.05) is 0 Å². The maximum atomic E-state index is 13.0. The van der Waals surface area contributed by atoms with E-state index in [4.69, 9.17) is 0 Å². The summed E-state index contributed by atoms with van der Waals surface area (Å²) in [6.45, 7) is 4.29. The Hall–Kier alpha value is -3.04. The van der Waals surface area contributed by atoms with Crippen LogP contribution in [0.5, 0.6) is 0 Å². The van der Waals surface area contributed by atoms with E-state index in [0.29, 0.717) is 28.8 Å². The van der Waals surface area contributed by atoms with Crippen molar-refractivity contribution in [1.82, 2.24) is 30.3 Å². The molecule has 162 valence electrons. The molecule has 0 aliphatic heterocycles. The molecule has 0 aliphatic carbocycles. The number of thioether (sulfide) groups is 1. The number of carbonyl (C=O) groups excluding carboxylic acids is 1. The minimum Gasteiger partial charge on any atom is -0.347 e. The number of nitrogens with one attached hydrogen (secondary N) is 1. The largest absolute Gasteiger partial charge is 0.347 e. The van der Waals surface area contributed by atoms with Crippen molar-refractivity contribution >= 4 is 33.6 Å². The van der Waals surface area contributed by atoms with Gasteiger partial charge in [-0.2, -0.15) is 0 Å². The number of aryl methyl sites for hydroxylation is 2. The molecule has 2 aromatic heterocycles. The molecular weight excluding hydrogens is 488 g/mol. The van der Waals surface area contributed by atoms with Gasteiger partial charge in [-0.15, -0.1) is 5.10 Å². The van der Waals surface area contributed by atoms with Crippen molar-refractivity contribution in [3.63, 3.8) is 0 Å². The van der Waals surface area contributed by atoms with Gasteiger partial charge in [-0.3, -0.25) is 4.79 Å². The summed E-state index contributed by atoms with van der Waals surface area (Å²) in [5, 5.41) is 12.1. The highest BCUT2D eigenvalue weighted by Crippen LogP contribution is 2.24. The van der Waals surface area contributed by atoms with Gasteiger partial charge in [0.2, 0.25) is 0 Å². The smallest absolute Gasteiger partial charge is 0.274 e. The third-order valence-corrected chi connectivity index (χ3v) is 6.03.